The van der Waals surface area contributed by atoms with Crippen LogP contribution in [0.25, 0.3) is 84.1 Å². The number of oxazole rings is 1. The van der Waals surface area contributed by atoms with E-state index in [0.29, 0.717) is 17.5 Å². The first-order chi connectivity index (χ1) is 22.8. The zero-order chi connectivity index (χ0) is 30.5. The molecule has 0 aliphatic heterocycles. The Kier molecular flexibility index (Phi) is 6.06. The van der Waals surface area contributed by atoms with Gasteiger partial charge in [-0.25, -0.2) is 15.0 Å². The van der Waals surface area contributed by atoms with E-state index >= 15 is 0 Å². The van der Waals surface area contributed by atoms with Crippen molar-refractivity contribution in [3.63, 3.8) is 0 Å². The predicted octanol–water partition coefficient (Wildman–Crippen LogP) is 10.4. The van der Waals surface area contributed by atoms with Gasteiger partial charge in [-0.2, -0.15) is 0 Å². The van der Waals surface area contributed by atoms with Gasteiger partial charge in [0.15, 0.2) is 23.1 Å². The second kappa shape index (κ2) is 10.7. The van der Waals surface area contributed by atoms with Gasteiger partial charge in [0.25, 0.3) is 0 Å². The van der Waals surface area contributed by atoms with Crippen molar-refractivity contribution in [1.82, 2.24) is 19.4 Å². The topological polar surface area (TPSA) is 56.2 Å². The van der Waals surface area contributed by atoms with Crippen molar-refractivity contribution < 1.29 is 4.42 Å². The fourth-order valence-corrected chi connectivity index (χ4v) is 6.25. The minimum absolute atomic E-state index is 0.640. The number of aromatic nitrogens is 4. The van der Waals surface area contributed by atoms with Crippen LogP contribution in [0.5, 0.6) is 0 Å². The van der Waals surface area contributed by atoms with E-state index in [1.807, 2.05) is 78.9 Å². The smallest absolute Gasteiger partial charge is 0.213 e. The molecule has 0 saturated carbocycles. The van der Waals surface area contributed by atoms with E-state index in [9.17, 15) is 0 Å². The molecule has 0 spiro atoms. The Morgan fingerprint density at radius 1 is 0.391 bits per heavy atom. The molecule has 3 heterocycles. The highest BCUT2D eigenvalue weighted by Gasteiger charge is 2.20. The number of benzene rings is 6. The third-order valence-corrected chi connectivity index (χ3v) is 8.47. The van der Waals surface area contributed by atoms with Gasteiger partial charge in [0.05, 0.1) is 16.6 Å². The predicted molar refractivity (Wildman–Crippen MR) is 185 cm³/mol. The lowest BCUT2D eigenvalue weighted by Crippen LogP contribution is -2.00. The first kappa shape index (κ1) is 26.1. The molecule has 0 atom stereocenters. The Morgan fingerprint density at radius 3 is 1.48 bits per heavy atom. The van der Waals surface area contributed by atoms with Gasteiger partial charge in [0.1, 0.15) is 0 Å². The van der Waals surface area contributed by atoms with Crippen LogP contribution in [0, 0.1) is 0 Å². The zero-order valence-electron chi connectivity index (χ0n) is 24.7. The zero-order valence-corrected chi connectivity index (χ0v) is 24.7. The Balaban J connectivity index is 1.16. The third-order valence-electron chi connectivity index (χ3n) is 8.47. The normalized spacial score (nSPS) is 11.5. The number of fused-ring (bicyclic) bond motifs is 5. The van der Waals surface area contributed by atoms with E-state index in [4.69, 9.17) is 19.4 Å². The molecule has 5 heteroatoms. The number of hydrogen-bond acceptors (Lipinski definition) is 4. The summed E-state index contributed by atoms with van der Waals surface area (Å²) in [4.78, 5) is 14.6. The van der Waals surface area contributed by atoms with Gasteiger partial charge >= 0.3 is 0 Å². The Bertz CT molecular complexity index is 2440. The number of rotatable bonds is 5. The van der Waals surface area contributed by atoms with Crippen LogP contribution in [0.3, 0.4) is 0 Å². The summed E-state index contributed by atoms with van der Waals surface area (Å²) < 4.78 is 8.69. The van der Waals surface area contributed by atoms with Gasteiger partial charge in [0, 0.05) is 22.1 Å². The van der Waals surface area contributed by atoms with E-state index in [0.717, 1.165) is 66.7 Å². The minimum atomic E-state index is 0.640. The molecule has 0 radical (unpaired) electrons. The van der Waals surface area contributed by atoms with Crippen molar-refractivity contribution in [3.8, 4) is 56.4 Å². The summed E-state index contributed by atoms with van der Waals surface area (Å²) in [5.74, 6) is 1.94. The van der Waals surface area contributed by atoms with Gasteiger partial charge in [-0.3, -0.25) is 4.40 Å². The molecule has 0 aliphatic rings. The first-order valence-corrected chi connectivity index (χ1v) is 15.3. The van der Waals surface area contributed by atoms with Crippen LogP contribution >= 0.6 is 0 Å². The van der Waals surface area contributed by atoms with Gasteiger partial charge < -0.3 is 4.42 Å². The maximum absolute atomic E-state index is 6.46. The fourth-order valence-electron chi connectivity index (χ4n) is 6.25. The summed E-state index contributed by atoms with van der Waals surface area (Å²) >= 11 is 0. The molecule has 0 N–H and O–H groups in total. The summed E-state index contributed by atoms with van der Waals surface area (Å²) in [6.07, 6.45) is 0. The van der Waals surface area contributed by atoms with Gasteiger partial charge in [-0.1, -0.05) is 133 Å². The average Bonchev–Trinajstić information content (AvgIpc) is 3.67. The molecule has 0 bridgehead atoms. The van der Waals surface area contributed by atoms with E-state index in [2.05, 4.69) is 83.3 Å². The van der Waals surface area contributed by atoms with Crippen molar-refractivity contribution >= 4 is 27.7 Å². The second-order valence-corrected chi connectivity index (χ2v) is 11.3. The molecule has 0 aliphatic carbocycles. The van der Waals surface area contributed by atoms with Crippen LogP contribution in [-0.2, 0) is 0 Å². The summed E-state index contributed by atoms with van der Waals surface area (Å²) in [6, 6.07) is 53.9. The highest BCUT2D eigenvalue weighted by atomic mass is 16.3. The minimum Gasteiger partial charge on any atom is -0.438 e. The van der Waals surface area contributed by atoms with Crippen LogP contribution in [-0.4, -0.2) is 19.4 Å². The molecular weight excluding hydrogens is 564 g/mol. The molecule has 46 heavy (non-hydrogen) atoms. The van der Waals surface area contributed by atoms with Crippen LogP contribution < -0.4 is 0 Å². The SMILES string of the molecule is c1ccc(-c2nc(-c3ccccc3)nc(-c3ccc(-c4ccc5c(c4)c(-c4ccccc4)c4oc6ccccc6n45)cc3)n2)cc1. The average molecular weight is 591 g/mol. The lowest BCUT2D eigenvalue weighted by Gasteiger charge is -2.09. The first-order valence-electron chi connectivity index (χ1n) is 15.3. The van der Waals surface area contributed by atoms with Gasteiger partial charge in [-0.05, 0) is 41.0 Å². The number of para-hydroxylation sites is 2. The van der Waals surface area contributed by atoms with E-state index in [-0.39, 0.29) is 0 Å². The molecule has 0 unspecified atom stereocenters. The highest BCUT2D eigenvalue weighted by molar-refractivity contribution is 6.08. The summed E-state index contributed by atoms with van der Waals surface area (Å²) in [7, 11) is 0. The molecule has 5 nitrogen and oxygen atoms in total. The number of hydrogen-bond donors (Lipinski definition) is 0. The molecular formula is C41H26N4O. The van der Waals surface area contributed by atoms with Crippen molar-refractivity contribution in [2.75, 3.05) is 0 Å². The summed E-state index contributed by atoms with van der Waals surface area (Å²) in [5, 5.41) is 1.15. The molecule has 6 aromatic carbocycles. The molecule has 9 aromatic rings. The standard InChI is InChI=1S/C41H26N4O/c1-4-12-28(13-5-1)37-33-26-32(24-25-34(33)45-35-18-10-11-19-36(35)46-41(37)45)27-20-22-31(23-21-27)40-43-38(29-14-6-2-7-15-29)42-39(44-40)30-16-8-3-9-17-30/h1-26H. The third kappa shape index (κ3) is 4.37. The monoisotopic (exact) mass is 590 g/mol. The molecule has 9 rings (SSSR count). The maximum Gasteiger partial charge on any atom is 0.213 e. The lowest BCUT2D eigenvalue weighted by atomic mass is 9.99. The fraction of sp³-hybridized carbons (Fsp3) is 0. The van der Waals surface area contributed by atoms with Crippen LogP contribution in [0.15, 0.2) is 162 Å². The maximum atomic E-state index is 6.46. The Labute approximate surface area is 265 Å². The lowest BCUT2D eigenvalue weighted by molar-refractivity contribution is 0.658. The quantitative estimate of drug-likeness (QED) is 0.200. The van der Waals surface area contributed by atoms with Crippen molar-refractivity contribution in [1.29, 1.82) is 0 Å². The van der Waals surface area contributed by atoms with E-state index in [1.165, 1.54) is 0 Å². The van der Waals surface area contributed by atoms with Crippen molar-refractivity contribution in [3.05, 3.63) is 158 Å². The van der Waals surface area contributed by atoms with Crippen LogP contribution in [0.4, 0.5) is 0 Å². The number of nitrogens with zero attached hydrogens (tertiary/aromatic N) is 4. The van der Waals surface area contributed by atoms with Crippen LogP contribution in [0.1, 0.15) is 0 Å². The molecule has 0 fully saturated rings. The van der Waals surface area contributed by atoms with E-state index < -0.39 is 0 Å². The Hall–Kier alpha value is -6.33. The van der Waals surface area contributed by atoms with Gasteiger partial charge in [0.2, 0.25) is 5.71 Å². The molecule has 0 amide bonds. The largest absolute Gasteiger partial charge is 0.438 e. The van der Waals surface area contributed by atoms with Crippen molar-refractivity contribution in [2.45, 2.75) is 0 Å². The van der Waals surface area contributed by atoms with Crippen molar-refractivity contribution in [2.24, 2.45) is 0 Å². The molecule has 3 aromatic heterocycles. The summed E-state index contributed by atoms with van der Waals surface area (Å²) in [6.45, 7) is 0. The molecule has 0 saturated heterocycles. The van der Waals surface area contributed by atoms with Gasteiger partial charge in [-0.15, -0.1) is 0 Å². The van der Waals surface area contributed by atoms with E-state index in [1.54, 1.807) is 0 Å². The highest BCUT2D eigenvalue weighted by Crippen LogP contribution is 2.41. The molecule has 216 valence electrons. The summed E-state index contributed by atoms with van der Waals surface area (Å²) in [5.41, 5.74) is 11.2. The Morgan fingerprint density at radius 2 is 0.870 bits per heavy atom. The van der Waals surface area contributed by atoms with Crippen LogP contribution in [0.2, 0.25) is 0 Å². The second-order valence-electron chi connectivity index (χ2n) is 11.3.